The topological polar surface area (TPSA) is 57.5 Å². The molecule has 76 valence electrons. The molecular formula is C10H18O3. The zero-order valence-electron chi connectivity index (χ0n) is 8.12. The fraction of sp³-hybridized carbons (Fsp3) is 0.900. The number of carboxylic acid groups (broad SMARTS) is 1. The average molecular weight is 186 g/mol. The molecule has 1 saturated carbocycles. The summed E-state index contributed by atoms with van der Waals surface area (Å²) in [4.78, 5) is 10.4. The van der Waals surface area contributed by atoms with Crippen LogP contribution in [-0.2, 0) is 4.79 Å². The molecule has 0 aromatic carbocycles. The standard InChI is InChI=1S/C10H18O3/c1-10(5-3-2-4-6-10)8(11)7-9(12)13/h8,11H,2-7H2,1H3,(H,12,13)/t8-/m1/s1. The number of carboxylic acids is 1. The van der Waals surface area contributed by atoms with Gasteiger partial charge in [-0.15, -0.1) is 0 Å². The summed E-state index contributed by atoms with van der Waals surface area (Å²) in [7, 11) is 0. The number of rotatable bonds is 3. The summed E-state index contributed by atoms with van der Waals surface area (Å²) < 4.78 is 0. The van der Waals surface area contributed by atoms with Gasteiger partial charge in [-0.05, 0) is 18.3 Å². The third-order valence-corrected chi connectivity index (χ3v) is 3.17. The van der Waals surface area contributed by atoms with E-state index in [0.29, 0.717) is 0 Å². The van der Waals surface area contributed by atoms with Crippen LogP contribution in [0, 0.1) is 5.41 Å². The van der Waals surface area contributed by atoms with Gasteiger partial charge in [0, 0.05) is 0 Å². The smallest absolute Gasteiger partial charge is 0.305 e. The lowest BCUT2D eigenvalue weighted by Crippen LogP contribution is -2.35. The van der Waals surface area contributed by atoms with Gasteiger partial charge < -0.3 is 10.2 Å². The second kappa shape index (κ2) is 4.09. The number of carbonyl (C=O) groups is 1. The first-order valence-corrected chi connectivity index (χ1v) is 4.94. The fourth-order valence-electron chi connectivity index (χ4n) is 2.10. The summed E-state index contributed by atoms with van der Waals surface area (Å²) in [6.07, 6.45) is 4.58. The van der Waals surface area contributed by atoms with E-state index in [9.17, 15) is 9.90 Å². The van der Waals surface area contributed by atoms with Gasteiger partial charge in [0.15, 0.2) is 0 Å². The van der Waals surface area contributed by atoms with Crippen molar-refractivity contribution in [2.45, 2.75) is 51.6 Å². The van der Waals surface area contributed by atoms with Crippen LogP contribution in [0.4, 0.5) is 0 Å². The maximum absolute atomic E-state index is 10.4. The minimum atomic E-state index is -0.903. The SMILES string of the molecule is CC1([C@H](O)CC(=O)O)CCCCC1. The Morgan fingerprint density at radius 2 is 1.92 bits per heavy atom. The molecule has 3 nitrogen and oxygen atoms in total. The molecule has 0 heterocycles. The zero-order valence-corrected chi connectivity index (χ0v) is 8.12. The highest BCUT2D eigenvalue weighted by molar-refractivity contribution is 5.67. The quantitative estimate of drug-likeness (QED) is 0.706. The van der Waals surface area contributed by atoms with E-state index in [2.05, 4.69) is 0 Å². The second-order valence-electron chi connectivity index (χ2n) is 4.33. The number of hydrogen-bond acceptors (Lipinski definition) is 2. The van der Waals surface area contributed by atoms with Crippen LogP contribution in [0.25, 0.3) is 0 Å². The molecule has 0 aromatic rings. The molecule has 1 aliphatic carbocycles. The van der Waals surface area contributed by atoms with Gasteiger partial charge in [-0.3, -0.25) is 4.79 Å². The molecule has 3 heteroatoms. The third kappa shape index (κ3) is 2.69. The Morgan fingerprint density at radius 1 is 1.38 bits per heavy atom. The first-order chi connectivity index (χ1) is 6.04. The third-order valence-electron chi connectivity index (χ3n) is 3.17. The van der Waals surface area contributed by atoms with E-state index < -0.39 is 12.1 Å². The largest absolute Gasteiger partial charge is 0.481 e. The molecule has 0 bridgehead atoms. The van der Waals surface area contributed by atoms with Crippen LogP contribution in [0.5, 0.6) is 0 Å². The molecule has 0 unspecified atom stereocenters. The lowest BCUT2D eigenvalue weighted by molar-refractivity contribution is -0.141. The Hall–Kier alpha value is -0.570. The van der Waals surface area contributed by atoms with E-state index in [4.69, 9.17) is 5.11 Å². The molecule has 0 aliphatic heterocycles. The predicted molar refractivity (Wildman–Crippen MR) is 49.5 cm³/mol. The summed E-state index contributed by atoms with van der Waals surface area (Å²) >= 11 is 0. The molecule has 1 fully saturated rings. The van der Waals surface area contributed by atoms with Crippen molar-refractivity contribution >= 4 is 5.97 Å². The summed E-state index contributed by atoms with van der Waals surface area (Å²) in [6.45, 7) is 2.00. The maximum Gasteiger partial charge on any atom is 0.305 e. The van der Waals surface area contributed by atoms with Crippen molar-refractivity contribution in [2.75, 3.05) is 0 Å². The molecule has 1 atom stereocenters. The summed E-state index contributed by atoms with van der Waals surface area (Å²) in [5.41, 5.74) is -0.156. The molecular weight excluding hydrogens is 168 g/mol. The van der Waals surface area contributed by atoms with Crippen LogP contribution in [0.1, 0.15) is 45.4 Å². The maximum atomic E-state index is 10.4. The molecule has 0 amide bonds. The van der Waals surface area contributed by atoms with E-state index in [-0.39, 0.29) is 11.8 Å². The molecule has 0 saturated heterocycles. The van der Waals surface area contributed by atoms with E-state index in [0.717, 1.165) is 25.7 Å². The van der Waals surface area contributed by atoms with Gasteiger partial charge in [0.1, 0.15) is 0 Å². The van der Waals surface area contributed by atoms with Gasteiger partial charge in [0.05, 0.1) is 12.5 Å². The van der Waals surface area contributed by atoms with E-state index >= 15 is 0 Å². The predicted octanol–water partition coefficient (Wildman–Crippen LogP) is 1.79. The van der Waals surface area contributed by atoms with Crippen molar-refractivity contribution < 1.29 is 15.0 Å². The van der Waals surface area contributed by atoms with E-state index in [1.54, 1.807) is 0 Å². The van der Waals surface area contributed by atoms with Gasteiger partial charge in [0.2, 0.25) is 0 Å². The van der Waals surface area contributed by atoms with Crippen molar-refractivity contribution in [3.63, 3.8) is 0 Å². The minimum Gasteiger partial charge on any atom is -0.481 e. The van der Waals surface area contributed by atoms with Crippen molar-refractivity contribution in [3.8, 4) is 0 Å². The molecule has 0 aromatic heterocycles. The van der Waals surface area contributed by atoms with Crippen molar-refractivity contribution in [1.82, 2.24) is 0 Å². The van der Waals surface area contributed by atoms with Crippen LogP contribution < -0.4 is 0 Å². The Labute approximate surface area is 78.8 Å². The Morgan fingerprint density at radius 3 is 2.38 bits per heavy atom. The number of aliphatic carboxylic acids is 1. The molecule has 0 spiro atoms. The van der Waals surface area contributed by atoms with Crippen LogP contribution in [-0.4, -0.2) is 22.3 Å². The van der Waals surface area contributed by atoms with Gasteiger partial charge in [-0.2, -0.15) is 0 Å². The van der Waals surface area contributed by atoms with E-state index in [1.165, 1.54) is 6.42 Å². The highest BCUT2D eigenvalue weighted by atomic mass is 16.4. The molecule has 13 heavy (non-hydrogen) atoms. The normalized spacial score (nSPS) is 23.8. The molecule has 1 aliphatic rings. The Bertz CT molecular complexity index is 183. The van der Waals surface area contributed by atoms with Gasteiger partial charge in [-0.25, -0.2) is 0 Å². The van der Waals surface area contributed by atoms with Crippen LogP contribution in [0.15, 0.2) is 0 Å². The lowest BCUT2D eigenvalue weighted by Gasteiger charge is -2.37. The fourth-order valence-corrected chi connectivity index (χ4v) is 2.10. The van der Waals surface area contributed by atoms with Crippen molar-refractivity contribution in [1.29, 1.82) is 0 Å². The zero-order chi connectivity index (χ0) is 9.90. The lowest BCUT2D eigenvalue weighted by atomic mass is 9.71. The van der Waals surface area contributed by atoms with Crippen LogP contribution >= 0.6 is 0 Å². The first-order valence-electron chi connectivity index (χ1n) is 4.94. The highest BCUT2D eigenvalue weighted by Gasteiger charge is 2.35. The monoisotopic (exact) mass is 186 g/mol. The number of aliphatic hydroxyl groups is 1. The average Bonchev–Trinajstić information content (AvgIpc) is 2.04. The van der Waals surface area contributed by atoms with Gasteiger partial charge >= 0.3 is 5.97 Å². The molecule has 1 rings (SSSR count). The summed E-state index contributed by atoms with van der Waals surface area (Å²) in [6, 6.07) is 0. The Kier molecular flexibility index (Phi) is 3.31. The van der Waals surface area contributed by atoms with Gasteiger partial charge in [-0.1, -0.05) is 26.2 Å². The number of hydrogen-bond donors (Lipinski definition) is 2. The minimum absolute atomic E-state index is 0.115. The van der Waals surface area contributed by atoms with Crippen LogP contribution in [0.2, 0.25) is 0 Å². The molecule has 2 N–H and O–H groups in total. The summed E-state index contributed by atoms with van der Waals surface area (Å²) in [5.74, 6) is -0.903. The van der Waals surface area contributed by atoms with E-state index in [1.807, 2.05) is 6.92 Å². The summed E-state index contributed by atoms with van der Waals surface area (Å²) in [5, 5.41) is 18.3. The molecule has 0 radical (unpaired) electrons. The van der Waals surface area contributed by atoms with Gasteiger partial charge in [0.25, 0.3) is 0 Å². The highest BCUT2D eigenvalue weighted by Crippen LogP contribution is 2.39. The second-order valence-corrected chi connectivity index (χ2v) is 4.33. The Balaban J connectivity index is 2.51. The first kappa shape index (κ1) is 10.5. The van der Waals surface area contributed by atoms with Crippen molar-refractivity contribution in [2.24, 2.45) is 5.41 Å². The van der Waals surface area contributed by atoms with Crippen LogP contribution in [0.3, 0.4) is 0 Å². The van der Waals surface area contributed by atoms with Crippen molar-refractivity contribution in [3.05, 3.63) is 0 Å². The number of aliphatic hydroxyl groups excluding tert-OH is 1.